The minimum Gasteiger partial charge on any atom is -0.494 e. The van der Waals surface area contributed by atoms with E-state index in [1.54, 1.807) is 6.08 Å². The molecular formula is C25H27NO5. The molecule has 0 spiro atoms. The molecule has 3 rings (SSSR count). The summed E-state index contributed by atoms with van der Waals surface area (Å²) in [5.41, 5.74) is 2.16. The molecule has 0 bridgehead atoms. The summed E-state index contributed by atoms with van der Waals surface area (Å²) in [4.78, 5) is 36.4. The summed E-state index contributed by atoms with van der Waals surface area (Å²) in [5, 5.41) is 8.90. The standard InChI is InChI=1S/C25H27NO5/c27-23(26-17-6-10-22(26)24(28)25(29)30)16-13-20-11-14-21(15-12-20)31-18-5-4-9-19-7-2-1-3-8-19/h1-3,7-8,11-16,22H,4-6,9-10,17-18H2,(H,29,30)/t22-/m0/s1. The Hall–Kier alpha value is -3.41. The highest BCUT2D eigenvalue weighted by molar-refractivity contribution is 6.35. The minimum atomic E-state index is -1.50. The summed E-state index contributed by atoms with van der Waals surface area (Å²) < 4.78 is 5.78. The highest BCUT2D eigenvalue weighted by atomic mass is 16.5. The molecule has 1 atom stereocenters. The second-order valence-electron chi connectivity index (χ2n) is 7.55. The van der Waals surface area contributed by atoms with Crippen LogP contribution >= 0.6 is 0 Å². The molecule has 2 aromatic rings. The number of carboxylic acids is 1. The normalized spacial score (nSPS) is 15.9. The molecule has 1 fully saturated rings. The number of amides is 1. The van der Waals surface area contributed by atoms with Gasteiger partial charge in [0, 0.05) is 12.6 Å². The Kier molecular flexibility index (Phi) is 7.98. The van der Waals surface area contributed by atoms with E-state index >= 15 is 0 Å². The molecule has 0 unspecified atom stereocenters. The van der Waals surface area contributed by atoms with Crippen molar-refractivity contribution in [1.82, 2.24) is 4.90 Å². The van der Waals surface area contributed by atoms with Gasteiger partial charge in [0.1, 0.15) is 11.8 Å². The molecule has 31 heavy (non-hydrogen) atoms. The largest absolute Gasteiger partial charge is 0.494 e. The Morgan fingerprint density at radius 2 is 1.77 bits per heavy atom. The number of carboxylic acid groups (broad SMARTS) is 1. The van der Waals surface area contributed by atoms with Crippen LogP contribution in [0.15, 0.2) is 60.7 Å². The number of rotatable bonds is 10. The van der Waals surface area contributed by atoms with Crippen LogP contribution < -0.4 is 4.74 Å². The third-order valence-corrected chi connectivity index (χ3v) is 5.32. The van der Waals surface area contributed by atoms with E-state index in [-0.39, 0.29) is 5.91 Å². The van der Waals surface area contributed by atoms with Crippen LogP contribution in [0.4, 0.5) is 0 Å². The lowest BCUT2D eigenvalue weighted by Gasteiger charge is -2.20. The lowest BCUT2D eigenvalue weighted by atomic mass is 10.1. The number of unbranched alkanes of at least 4 members (excludes halogenated alkanes) is 1. The highest BCUT2D eigenvalue weighted by Crippen LogP contribution is 2.19. The third-order valence-electron chi connectivity index (χ3n) is 5.32. The van der Waals surface area contributed by atoms with E-state index in [2.05, 4.69) is 24.3 Å². The molecule has 0 aromatic heterocycles. The number of ketones is 1. The van der Waals surface area contributed by atoms with Gasteiger partial charge in [-0.1, -0.05) is 42.5 Å². The number of carbonyl (C=O) groups is 3. The molecule has 6 nitrogen and oxygen atoms in total. The van der Waals surface area contributed by atoms with E-state index in [0.29, 0.717) is 26.0 Å². The van der Waals surface area contributed by atoms with E-state index in [9.17, 15) is 14.4 Å². The maximum atomic E-state index is 12.4. The predicted octanol–water partition coefficient (Wildman–Crippen LogP) is 3.75. The van der Waals surface area contributed by atoms with Gasteiger partial charge in [-0.3, -0.25) is 9.59 Å². The van der Waals surface area contributed by atoms with Gasteiger partial charge in [0.2, 0.25) is 5.91 Å². The van der Waals surface area contributed by atoms with Gasteiger partial charge in [-0.2, -0.15) is 0 Å². The van der Waals surface area contributed by atoms with Crippen molar-refractivity contribution in [3.63, 3.8) is 0 Å². The SMILES string of the molecule is O=C(O)C(=O)[C@@H]1CCCN1C(=O)C=Cc1ccc(OCCCCc2ccccc2)cc1. The second kappa shape index (κ2) is 11.1. The van der Waals surface area contributed by atoms with Gasteiger partial charge in [0.15, 0.2) is 0 Å². The maximum Gasteiger partial charge on any atom is 0.374 e. The Morgan fingerprint density at radius 3 is 2.48 bits per heavy atom. The first-order valence-corrected chi connectivity index (χ1v) is 10.6. The number of nitrogens with zero attached hydrogens (tertiary/aromatic N) is 1. The maximum absolute atomic E-state index is 12.4. The number of carbonyl (C=O) groups excluding carboxylic acids is 2. The predicted molar refractivity (Wildman–Crippen MR) is 118 cm³/mol. The smallest absolute Gasteiger partial charge is 0.374 e. The Morgan fingerprint density at radius 1 is 1.03 bits per heavy atom. The molecule has 6 heteroatoms. The van der Waals surface area contributed by atoms with Crippen LogP contribution in [0.5, 0.6) is 5.75 Å². The molecule has 1 amide bonds. The molecule has 1 aliphatic rings. The lowest BCUT2D eigenvalue weighted by Crippen LogP contribution is -2.42. The zero-order chi connectivity index (χ0) is 22.1. The number of ether oxygens (including phenoxy) is 1. The van der Waals surface area contributed by atoms with Crippen LogP contribution in [0.1, 0.15) is 36.8 Å². The number of hydrogen-bond acceptors (Lipinski definition) is 4. The second-order valence-corrected chi connectivity index (χ2v) is 7.55. The Balaban J connectivity index is 1.43. The fourth-order valence-electron chi connectivity index (χ4n) is 3.65. The molecular weight excluding hydrogens is 394 g/mol. The number of benzene rings is 2. The van der Waals surface area contributed by atoms with Gasteiger partial charge in [0.05, 0.1) is 6.61 Å². The quantitative estimate of drug-likeness (QED) is 0.359. The molecule has 1 saturated heterocycles. The van der Waals surface area contributed by atoms with Gasteiger partial charge in [-0.15, -0.1) is 0 Å². The minimum absolute atomic E-state index is 0.351. The van der Waals surface area contributed by atoms with Crippen LogP contribution in [0.3, 0.4) is 0 Å². The number of aliphatic carboxylic acids is 1. The van der Waals surface area contributed by atoms with Crippen molar-refractivity contribution in [2.45, 2.75) is 38.1 Å². The average Bonchev–Trinajstić information content (AvgIpc) is 3.28. The first-order chi connectivity index (χ1) is 15.0. The van der Waals surface area contributed by atoms with Crippen molar-refractivity contribution in [3.8, 4) is 5.75 Å². The summed E-state index contributed by atoms with van der Waals surface area (Å²) in [6.45, 7) is 1.04. The summed E-state index contributed by atoms with van der Waals surface area (Å²) in [7, 11) is 0. The summed E-state index contributed by atoms with van der Waals surface area (Å²) in [6.07, 6.45) is 7.13. The number of aryl methyl sites for hydroxylation is 1. The molecule has 0 radical (unpaired) electrons. The van der Waals surface area contributed by atoms with E-state index < -0.39 is 17.8 Å². The Labute approximate surface area is 182 Å². The van der Waals surface area contributed by atoms with Crippen molar-refractivity contribution in [1.29, 1.82) is 0 Å². The topological polar surface area (TPSA) is 83.9 Å². The zero-order valence-electron chi connectivity index (χ0n) is 17.4. The molecule has 0 aliphatic carbocycles. The highest BCUT2D eigenvalue weighted by Gasteiger charge is 2.36. The fourth-order valence-corrected chi connectivity index (χ4v) is 3.65. The van der Waals surface area contributed by atoms with E-state index in [1.807, 2.05) is 30.3 Å². The average molecular weight is 421 g/mol. The first kappa shape index (κ1) is 22.3. The van der Waals surface area contributed by atoms with Crippen molar-refractivity contribution in [3.05, 3.63) is 71.8 Å². The monoisotopic (exact) mass is 421 g/mol. The van der Waals surface area contributed by atoms with Crippen LogP contribution in [-0.2, 0) is 20.8 Å². The Bertz CT molecular complexity index is 921. The first-order valence-electron chi connectivity index (χ1n) is 10.6. The summed E-state index contributed by atoms with van der Waals surface area (Å²) in [5.74, 6) is -2.00. The zero-order valence-corrected chi connectivity index (χ0v) is 17.4. The van der Waals surface area contributed by atoms with Crippen molar-refractivity contribution in [2.75, 3.05) is 13.2 Å². The van der Waals surface area contributed by atoms with Crippen molar-refractivity contribution >= 4 is 23.7 Å². The van der Waals surface area contributed by atoms with Crippen molar-refractivity contribution in [2.24, 2.45) is 0 Å². The van der Waals surface area contributed by atoms with Gasteiger partial charge in [0.25, 0.3) is 5.78 Å². The third kappa shape index (κ3) is 6.54. The molecule has 2 aromatic carbocycles. The molecule has 0 saturated carbocycles. The van der Waals surface area contributed by atoms with Gasteiger partial charge >= 0.3 is 5.97 Å². The van der Waals surface area contributed by atoms with Crippen molar-refractivity contribution < 1.29 is 24.2 Å². The fraction of sp³-hybridized carbons (Fsp3) is 0.320. The number of Topliss-reactive ketones (excluding diaryl/α,β-unsaturated/α-hetero) is 1. The van der Waals surface area contributed by atoms with Crippen LogP contribution in [-0.4, -0.2) is 46.9 Å². The molecule has 162 valence electrons. The van der Waals surface area contributed by atoms with Gasteiger partial charge in [-0.25, -0.2) is 4.79 Å². The van der Waals surface area contributed by atoms with Crippen LogP contribution in [0.25, 0.3) is 6.08 Å². The van der Waals surface area contributed by atoms with Gasteiger partial charge < -0.3 is 14.7 Å². The number of likely N-dealkylation sites (tertiary alicyclic amines) is 1. The lowest BCUT2D eigenvalue weighted by molar-refractivity contribution is -0.152. The summed E-state index contributed by atoms with van der Waals surface area (Å²) in [6, 6.07) is 16.9. The molecule has 1 heterocycles. The molecule has 1 aliphatic heterocycles. The van der Waals surface area contributed by atoms with E-state index in [4.69, 9.17) is 9.84 Å². The van der Waals surface area contributed by atoms with Gasteiger partial charge in [-0.05, 0) is 61.4 Å². The number of hydrogen-bond donors (Lipinski definition) is 1. The van der Waals surface area contributed by atoms with Crippen LogP contribution in [0, 0.1) is 0 Å². The van der Waals surface area contributed by atoms with Crippen LogP contribution in [0.2, 0.25) is 0 Å². The van der Waals surface area contributed by atoms with E-state index in [1.165, 1.54) is 16.5 Å². The summed E-state index contributed by atoms with van der Waals surface area (Å²) >= 11 is 0. The van der Waals surface area contributed by atoms with E-state index in [0.717, 1.165) is 30.6 Å². The molecule has 1 N–H and O–H groups in total.